The largest absolute Gasteiger partial charge is 0.582 e. The highest BCUT2D eigenvalue weighted by molar-refractivity contribution is 8.31. The molecule has 0 spiro atoms. The van der Waals surface area contributed by atoms with Gasteiger partial charge in [-0.3, -0.25) is 0 Å². The average molecular weight is 290 g/mol. The quantitative estimate of drug-likeness (QED) is 0.454. The van der Waals surface area contributed by atoms with Crippen LogP contribution in [-0.2, 0) is 18.7 Å². The molecule has 0 aliphatic heterocycles. The molecule has 0 aliphatic carbocycles. The molecule has 0 atom stereocenters. The molecule has 0 unspecified atom stereocenters. The zero-order valence-corrected chi connectivity index (χ0v) is 10.9. The Bertz CT molecular complexity index is 190. The Morgan fingerprint density at radius 3 is 1.92 bits per heavy atom. The van der Waals surface area contributed by atoms with E-state index in [1.807, 2.05) is 6.92 Å². The molecule has 0 radical (unpaired) electrons. The first kappa shape index (κ1) is 16.6. The summed E-state index contributed by atoms with van der Waals surface area (Å²) in [5.74, 6) is 0.113. The Balaban J connectivity index is 0. The first-order valence-electron chi connectivity index (χ1n) is 3.46. The zero-order valence-electron chi connectivity index (χ0n) is 7.00. The lowest BCUT2D eigenvalue weighted by atomic mass is 10.3. The van der Waals surface area contributed by atoms with E-state index in [0.717, 1.165) is 12.8 Å². The lowest BCUT2D eigenvalue weighted by Gasteiger charge is -1.92. The van der Waals surface area contributed by atoms with E-state index in [2.05, 4.69) is 21.4 Å². The third-order valence-corrected chi connectivity index (χ3v) is 2.23. The van der Waals surface area contributed by atoms with E-state index >= 15 is 0 Å². The second-order valence-corrected chi connectivity index (χ2v) is 7.56. The van der Waals surface area contributed by atoms with Crippen molar-refractivity contribution in [2.45, 2.75) is 26.2 Å². The van der Waals surface area contributed by atoms with Gasteiger partial charge in [0.1, 0.15) is 0 Å². The summed E-state index contributed by atoms with van der Waals surface area (Å²) in [6.07, 6.45) is 2.64. The first-order valence-corrected chi connectivity index (χ1v) is 8.74. The van der Waals surface area contributed by atoms with Crippen LogP contribution < -0.4 is 0 Å². The Morgan fingerprint density at radius 1 is 1.31 bits per heavy atom. The van der Waals surface area contributed by atoms with Crippen LogP contribution in [0.3, 0.4) is 0 Å². The molecule has 0 saturated carbocycles. The van der Waals surface area contributed by atoms with Crippen LogP contribution >= 0.6 is 32.0 Å². The maximum atomic E-state index is 10.3. The van der Waals surface area contributed by atoms with Gasteiger partial charge in [0, 0.05) is 10.7 Å². The topological polar surface area (TPSA) is 57.2 Å². The number of hydrogen-bond donors (Lipinski definition) is 0. The second kappa shape index (κ2) is 9.68. The van der Waals surface area contributed by atoms with Crippen LogP contribution in [0.1, 0.15) is 26.2 Å². The standard InChI is InChI=1S/C5H11ClO2S.Cl2OS/c1-2-3-4-5-9(6,7)8;1-4(2)3/h2-5H2,1H3;. The highest BCUT2D eigenvalue weighted by Gasteiger charge is 2.02. The van der Waals surface area contributed by atoms with Crippen LogP contribution in [0.2, 0.25) is 0 Å². The summed E-state index contributed by atoms with van der Waals surface area (Å²) >= 11 is 0. The first-order chi connectivity index (χ1) is 5.79. The van der Waals surface area contributed by atoms with Crippen molar-refractivity contribution >= 4 is 50.7 Å². The van der Waals surface area contributed by atoms with Crippen molar-refractivity contribution in [3.63, 3.8) is 0 Å². The summed E-state index contributed by atoms with van der Waals surface area (Å²) in [5.41, 5.74) is 0. The van der Waals surface area contributed by atoms with Gasteiger partial charge in [0.2, 0.25) is 9.05 Å². The third-order valence-electron chi connectivity index (χ3n) is 0.992. The van der Waals surface area contributed by atoms with E-state index < -0.39 is 18.7 Å². The van der Waals surface area contributed by atoms with Gasteiger partial charge in [-0.05, 0) is 6.42 Å². The smallest absolute Gasteiger partial charge is 0.232 e. The normalized spacial score (nSPS) is 10.9. The Morgan fingerprint density at radius 2 is 1.69 bits per heavy atom. The molecule has 3 nitrogen and oxygen atoms in total. The van der Waals surface area contributed by atoms with Gasteiger partial charge in [-0.1, -0.05) is 19.8 Å². The summed E-state index contributed by atoms with van der Waals surface area (Å²) in [7, 11) is 9.08. The molecular weight excluding hydrogens is 279 g/mol. The molecular formula is C5H11Cl3O3S2. The third kappa shape index (κ3) is 32.0. The van der Waals surface area contributed by atoms with Crippen molar-refractivity contribution in [1.29, 1.82) is 0 Å². The summed E-state index contributed by atoms with van der Waals surface area (Å²) in [6, 6.07) is 0. The van der Waals surface area contributed by atoms with Crippen LogP contribution in [0.5, 0.6) is 0 Å². The summed E-state index contributed by atoms with van der Waals surface area (Å²) in [5, 5.41) is 0. The molecule has 0 fully saturated rings. The molecule has 0 aliphatic rings. The number of unbranched alkanes of at least 4 members (excludes halogenated alkanes) is 2. The lowest BCUT2D eigenvalue weighted by Crippen LogP contribution is -1.95. The fourth-order valence-corrected chi connectivity index (χ4v) is 1.40. The van der Waals surface area contributed by atoms with Crippen LogP contribution in [0, 0.1) is 0 Å². The van der Waals surface area contributed by atoms with Crippen molar-refractivity contribution in [2.75, 3.05) is 5.75 Å². The maximum Gasteiger partial charge on any atom is 0.232 e. The van der Waals surface area contributed by atoms with Gasteiger partial charge in [-0.15, -0.1) is 0 Å². The molecule has 0 amide bonds. The van der Waals surface area contributed by atoms with Crippen molar-refractivity contribution < 1.29 is 13.0 Å². The summed E-state index contributed by atoms with van der Waals surface area (Å²) in [6.45, 7) is 2.01. The highest BCUT2D eigenvalue weighted by Crippen LogP contribution is 2.02. The van der Waals surface area contributed by atoms with Crippen molar-refractivity contribution in [2.24, 2.45) is 0 Å². The minimum atomic E-state index is -3.22. The van der Waals surface area contributed by atoms with Gasteiger partial charge in [-0.25, -0.2) is 8.42 Å². The molecule has 13 heavy (non-hydrogen) atoms. The molecule has 0 heterocycles. The van der Waals surface area contributed by atoms with Crippen molar-refractivity contribution in [3.05, 3.63) is 0 Å². The van der Waals surface area contributed by atoms with Gasteiger partial charge >= 0.3 is 0 Å². The van der Waals surface area contributed by atoms with E-state index in [9.17, 15) is 8.42 Å². The lowest BCUT2D eigenvalue weighted by molar-refractivity contribution is 0.604. The molecule has 0 rings (SSSR count). The van der Waals surface area contributed by atoms with Crippen LogP contribution in [0.15, 0.2) is 0 Å². The Kier molecular flexibility index (Phi) is 12.3. The van der Waals surface area contributed by atoms with Gasteiger partial charge in [-0.2, -0.15) is 0 Å². The van der Waals surface area contributed by atoms with E-state index in [0.29, 0.717) is 6.42 Å². The molecule has 0 N–H and O–H groups in total. The zero-order chi connectivity index (χ0) is 10.9. The number of rotatable bonds is 4. The summed E-state index contributed by atoms with van der Waals surface area (Å²) in [4.78, 5) is 0. The van der Waals surface area contributed by atoms with Gasteiger partial charge in [0.15, 0.2) is 31.0 Å². The van der Waals surface area contributed by atoms with E-state index in [1.165, 1.54) is 0 Å². The molecule has 0 aromatic carbocycles. The van der Waals surface area contributed by atoms with Gasteiger partial charge < -0.3 is 4.55 Å². The van der Waals surface area contributed by atoms with E-state index in [4.69, 9.17) is 15.2 Å². The molecule has 82 valence electrons. The summed E-state index contributed by atoms with van der Waals surface area (Å²) < 4.78 is 29.6. The molecule has 0 bridgehead atoms. The Hall–Kier alpha value is 1.13. The van der Waals surface area contributed by atoms with Crippen LogP contribution in [0.25, 0.3) is 0 Å². The van der Waals surface area contributed by atoms with Crippen molar-refractivity contribution in [1.82, 2.24) is 0 Å². The van der Waals surface area contributed by atoms with Crippen molar-refractivity contribution in [3.8, 4) is 0 Å². The number of hydrogen-bond acceptors (Lipinski definition) is 3. The van der Waals surface area contributed by atoms with Crippen LogP contribution in [0.4, 0.5) is 0 Å². The second-order valence-electron chi connectivity index (χ2n) is 2.13. The minimum Gasteiger partial charge on any atom is -0.582 e. The fourth-order valence-electron chi connectivity index (χ4n) is 0.524. The van der Waals surface area contributed by atoms with Gasteiger partial charge in [0.25, 0.3) is 0 Å². The predicted molar refractivity (Wildman–Crippen MR) is 59.0 cm³/mol. The molecule has 0 aromatic rings. The monoisotopic (exact) mass is 288 g/mol. The highest BCUT2D eigenvalue weighted by atomic mass is 36.0. The van der Waals surface area contributed by atoms with E-state index in [-0.39, 0.29) is 5.75 Å². The SMILES string of the molecule is CCCCCS(=O)(=O)Cl.[O-][S+](Cl)Cl. The van der Waals surface area contributed by atoms with Crippen LogP contribution in [-0.4, -0.2) is 18.7 Å². The molecule has 0 aromatic heterocycles. The molecule has 0 saturated heterocycles. The average Bonchev–Trinajstić information content (AvgIpc) is 1.83. The molecule has 8 heteroatoms. The number of halogens is 3. The maximum absolute atomic E-state index is 10.3. The fraction of sp³-hybridized carbons (Fsp3) is 1.00. The minimum absolute atomic E-state index is 0.113. The van der Waals surface area contributed by atoms with Gasteiger partial charge in [0.05, 0.1) is 5.75 Å². The Labute approximate surface area is 95.3 Å². The van der Waals surface area contributed by atoms with E-state index in [1.54, 1.807) is 0 Å². The predicted octanol–water partition coefficient (Wildman–Crippen LogP) is 2.79.